The Morgan fingerprint density at radius 2 is 2.12 bits per heavy atom. The third kappa shape index (κ3) is 3.76. The lowest BCUT2D eigenvalue weighted by molar-refractivity contribution is -0.159. The topological polar surface area (TPSA) is 55.8 Å². The highest BCUT2D eigenvalue weighted by atomic mass is 16.7. The SMILES string of the molecule is COCOC[C@]1(O)CC[C@H](C(C)(C)C)CC1=O. The van der Waals surface area contributed by atoms with E-state index < -0.39 is 5.60 Å². The molecule has 0 bridgehead atoms. The summed E-state index contributed by atoms with van der Waals surface area (Å²) in [6.07, 6.45) is 1.79. The first kappa shape index (κ1) is 14.6. The minimum Gasteiger partial charge on any atom is -0.380 e. The Kier molecular flexibility index (Phi) is 4.69. The molecule has 0 spiro atoms. The van der Waals surface area contributed by atoms with Gasteiger partial charge in [0, 0.05) is 13.5 Å². The Balaban J connectivity index is 2.55. The summed E-state index contributed by atoms with van der Waals surface area (Å²) in [5, 5.41) is 10.2. The highest BCUT2D eigenvalue weighted by Crippen LogP contribution is 2.39. The molecule has 100 valence electrons. The first-order valence-electron chi connectivity index (χ1n) is 6.12. The fourth-order valence-corrected chi connectivity index (χ4v) is 2.25. The normalized spacial score (nSPS) is 30.6. The molecule has 2 atom stereocenters. The van der Waals surface area contributed by atoms with Crippen LogP contribution in [0.25, 0.3) is 0 Å². The van der Waals surface area contributed by atoms with E-state index >= 15 is 0 Å². The van der Waals surface area contributed by atoms with Gasteiger partial charge in [-0.25, -0.2) is 0 Å². The van der Waals surface area contributed by atoms with Gasteiger partial charge in [-0.2, -0.15) is 0 Å². The summed E-state index contributed by atoms with van der Waals surface area (Å²) in [4.78, 5) is 12.0. The third-order valence-electron chi connectivity index (χ3n) is 3.62. The summed E-state index contributed by atoms with van der Waals surface area (Å²) in [6.45, 7) is 6.55. The first-order chi connectivity index (χ1) is 7.79. The number of aliphatic hydroxyl groups is 1. The molecule has 0 unspecified atom stereocenters. The van der Waals surface area contributed by atoms with E-state index in [1.807, 2.05) is 0 Å². The van der Waals surface area contributed by atoms with Gasteiger partial charge in [0.2, 0.25) is 0 Å². The fraction of sp³-hybridized carbons (Fsp3) is 0.923. The van der Waals surface area contributed by atoms with Crippen LogP contribution in [0.1, 0.15) is 40.0 Å². The predicted molar refractivity (Wildman–Crippen MR) is 64.6 cm³/mol. The van der Waals surface area contributed by atoms with Crippen LogP contribution in [0.3, 0.4) is 0 Å². The molecule has 1 N–H and O–H groups in total. The molecule has 0 amide bonds. The van der Waals surface area contributed by atoms with E-state index in [1.54, 1.807) is 0 Å². The average molecular weight is 244 g/mol. The lowest BCUT2D eigenvalue weighted by Crippen LogP contribution is -2.49. The smallest absolute Gasteiger partial charge is 0.167 e. The first-order valence-corrected chi connectivity index (χ1v) is 6.12. The van der Waals surface area contributed by atoms with Gasteiger partial charge in [0.25, 0.3) is 0 Å². The average Bonchev–Trinajstić information content (AvgIpc) is 2.21. The molecular formula is C13H24O4. The second-order valence-electron chi connectivity index (χ2n) is 6.02. The summed E-state index contributed by atoms with van der Waals surface area (Å²) in [5.74, 6) is 0.248. The summed E-state index contributed by atoms with van der Waals surface area (Å²) in [7, 11) is 1.52. The van der Waals surface area contributed by atoms with Crippen LogP contribution in [0.2, 0.25) is 0 Å². The Hall–Kier alpha value is -0.450. The zero-order chi connectivity index (χ0) is 13.1. The number of methoxy groups -OCH3 is 1. The van der Waals surface area contributed by atoms with Crippen molar-refractivity contribution in [1.82, 2.24) is 0 Å². The number of hydrogen-bond donors (Lipinski definition) is 1. The van der Waals surface area contributed by atoms with E-state index in [9.17, 15) is 9.90 Å². The molecule has 1 aliphatic rings. The number of hydrogen-bond acceptors (Lipinski definition) is 4. The number of Topliss-reactive ketones (excluding diaryl/α,β-unsaturated/α-hetero) is 1. The van der Waals surface area contributed by atoms with Gasteiger partial charge >= 0.3 is 0 Å². The maximum absolute atomic E-state index is 12.0. The van der Waals surface area contributed by atoms with Crippen LogP contribution in [0.5, 0.6) is 0 Å². The second-order valence-corrected chi connectivity index (χ2v) is 6.02. The van der Waals surface area contributed by atoms with Crippen LogP contribution >= 0.6 is 0 Å². The second kappa shape index (κ2) is 5.46. The van der Waals surface area contributed by atoms with Crippen LogP contribution in [0, 0.1) is 11.3 Å². The largest absolute Gasteiger partial charge is 0.380 e. The van der Waals surface area contributed by atoms with Crippen LogP contribution < -0.4 is 0 Å². The molecule has 0 aliphatic heterocycles. The number of rotatable bonds is 4. The van der Waals surface area contributed by atoms with Crippen molar-refractivity contribution in [3.05, 3.63) is 0 Å². The number of ketones is 1. The van der Waals surface area contributed by atoms with Crippen molar-refractivity contribution in [1.29, 1.82) is 0 Å². The minimum atomic E-state index is -1.31. The van der Waals surface area contributed by atoms with Gasteiger partial charge in [0.05, 0.1) is 6.61 Å². The van der Waals surface area contributed by atoms with Gasteiger partial charge in [-0.3, -0.25) is 4.79 Å². The molecule has 1 rings (SSSR count). The van der Waals surface area contributed by atoms with Crippen LogP contribution in [-0.4, -0.2) is 37.0 Å². The van der Waals surface area contributed by atoms with E-state index in [2.05, 4.69) is 20.8 Å². The zero-order valence-corrected chi connectivity index (χ0v) is 11.3. The molecule has 0 aromatic rings. The van der Waals surface area contributed by atoms with Crippen molar-refractivity contribution >= 4 is 5.78 Å². The molecular weight excluding hydrogens is 220 g/mol. The van der Waals surface area contributed by atoms with Gasteiger partial charge in [0.1, 0.15) is 12.4 Å². The monoisotopic (exact) mass is 244 g/mol. The molecule has 0 aromatic heterocycles. The zero-order valence-electron chi connectivity index (χ0n) is 11.3. The lowest BCUT2D eigenvalue weighted by atomic mass is 9.68. The van der Waals surface area contributed by atoms with E-state index in [0.717, 1.165) is 6.42 Å². The Morgan fingerprint density at radius 3 is 2.59 bits per heavy atom. The van der Waals surface area contributed by atoms with Crippen LogP contribution in [0.15, 0.2) is 0 Å². The van der Waals surface area contributed by atoms with E-state index in [1.165, 1.54) is 7.11 Å². The van der Waals surface area contributed by atoms with Gasteiger partial charge in [0.15, 0.2) is 5.78 Å². The maximum Gasteiger partial charge on any atom is 0.167 e. The minimum absolute atomic E-state index is 0.0382. The van der Waals surface area contributed by atoms with Gasteiger partial charge in [-0.05, 0) is 24.2 Å². The third-order valence-corrected chi connectivity index (χ3v) is 3.62. The van der Waals surface area contributed by atoms with Crippen molar-refractivity contribution in [2.24, 2.45) is 11.3 Å². The van der Waals surface area contributed by atoms with Crippen molar-refractivity contribution < 1.29 is 19.4 Å². The molecule has 4 nitrogen and oxygen atoms in total. The van der Waals surface area contributed by atoms with E-state index in [0.29, 0.717) is 18.8 Å². The molecule has 0 aromatic carbocycles. The van der Waals surface area contributed by atoms with Crippen molar-refractivity contribution in [3.63, 3.8) is 0 Å². The molecule has 1 saturated carbocycles. The Labute approximate surface area is 103 Å². The van der Waals surface area contributed by atoms with Crippen molar-refractivity contribution in [3.8, 4) is 0 Å². The Bertz CT molecular complexity index is 269. The fourth-order valence-electron chi connectivity index (χ4n) is 2.25. The van der Waals surface area contributed by atoms with Crippen LogP contribution in [0.4, 0.5) is 0 Å². The maximum atomic E-state index is 12.0. The number of carbonyl (C=O) groups excluding carboxylic acids is 1. The number of ether oxygens (including phenoxy) is 2. The molecule has 1 fully saturated rings. The van der Waals surface area contributed by atoms with Gasteiger partial charge in [-0.1, -0.05) is 20.8 Å². The molecule has 0 radical (unpaired) electrons. The van der Waals surface area contributed by atoms with Crippen LogP contribution in [-0.2, 0) is 14.3 Å². The predicted octanol–water partition coefficient (Wildman–Crippen LogP) is 1.75. The highest BCUT2D eigenvalue weighted by Gasteiger charge is 2.44. The molecule has 0 saturated heterocycles. The Morgan fingerprint density at radius 1 is 1.47 bits per heavy atom. The quantitative estimate of drug-likeness (QED) is 0.604. The molecule has 0 heterocycles. The summed E-state index contributed by atoms with van der Waals surface area (Å²) >= 11 is 0. The summed E-state index contributed by atoms with van der Waals surface area (Å²) in [5.41, 5.74) is -1.19. The standard InChI is InChI=1S/C13H24O4/c1-12(2,3)10-5-6-13(15,11(14)7-10)8-17-9-16-4/h10,15H,5-9H2,1-4H3/t10-,13+/m0/s1. The van der Waals surface area contributed by atoms with Gasteiger partial charge < -0.3 is 14.6 Å². The van der Waals surface area contributed by atoms with Crippen molar-refractivity contribution in [2.45, 2.75) is 45.6 Å². The summed E-state index contributed by atoms with van der Waals surface area (Å²) < 4.78 is 9.87. The lowest BCUT2D eigenvalue weighted by Gasteiger charge is -2.39. The molecule has 4 heteroatoms. The molecule has 17 heavy (non-hydrogen) atoms. The van der Waals surface area contributed by atoms with E-state index in [-0.39, 0.29) is 24.6 Å². The highest BCUT2D eigenvalue weighted by molar-refractivity contribution is 5.88. The van der Waals surface area contributed by atoms with Gasteiger partial charge in [-0.15, -0.1) is 0 Å². The van der Waals surface area contributed by atoms with E-state index in [4.69, 9.17) is 9.47 Å². The number of carbonyl (C=O) groups is 1. The van der Waals surface area contributed by atoms with Crippen molar-refractivity contribution in [2.75, 3.05) is 20.5 Å². The summed E-state index contributed by atoms with van der Waals surface area (Å²) in [6, 6.07) is 0. The molecule has 1 aliphatic carbocycles.